The average molecular weight is 321 g/mol. The Kier molecular flexibility index (Phi) is 3.06. The topological polar surface area (TPSA) is 59.5 Å². The van der Waals surface area contributed by atoms with Crippen molar-refractivity contribution >= 4 is 27.5 Å². The molecule has 1 aliphatic rings. The van der Waals surface area contributed by atoms with Crippen molar-refractivity contribution in [3.8, 4) is 0 Å². The summed E-state index contributed by atoms with van der Waals surface area (Å²) in [5, 5.41) is 0. The molecule has 0 saturated heterocycles. The molecule has 0 saturated carbocycles. The molecule has 2 N–H and O–H groups in total. The molecule has 0 atom stereocenters. The van der Waals surface area contributed by atoms with Crippen LogP contribution in [0.5, 0.6) is 0 Å². The highest BCUT2D eigenvalue weighted by Gasteiger charge is 2.24. The summed E-state index contributed by atoms with van der Waals surface area (Å²) in [5.41, 5.74) is 9.48. The van der Waals surface area contributed by atoms with Crippen LogP contribution in [-0.2, 0) is 13.0 Å². The number of fused-ring (bicyclic) bond motifs is 1. The lowest BCUT2D eigenvalue weighted by Crippen LogP contribution is -2.35. The normalized spacial score (nSPS) is 14.3. The van der Waals surface area contributed by atoms with Gasteiger partial charge < -0.3 is 15.1 Å². The molecule has 98 valence electrons. The zero-order valence-electron chi connectivity index (χ0n) is 10.2. The number of nitrogens with two attached hydrogens (primary N) is 1. The predicted molar refractivity (Wildman–Crippen MR) is 75.7 cm³/mol. The van der Waals surface area contributed by atoms with E-state index in [-0.39, 0.29) is 5.91 Å². The van der Waals surface area contributed by atoms with Crippen molar-refractivity contribution in [1.82, 2.24) is 4.90 Å². The number of furan rings is 1. The van der Waals surface area contributed by atoms with Crippen LogP contribution in [0.15, 0.2) is 39.6 Å². The molecule has 0 bridgehead atoms. The molecule has 0 spiro atoms. The van der Waals surface area contributed by atoms with Crippen molar-refractivity contribution in [3.05, 3.63) is 51.9 Å². The average Bonchev–Trinajstić information content (AvgIpc) is 2.83. The minimum atomic E-state index is -0.0197. The molecule has 3 rings (SSSR count). The van der Waals surface area contributed by atoms with E-state index in [1.807, 2.05) is 23.1 Å². The number of amides is 1. The molecule has 1 aliphatic heterocycles. The summed E-state index contributed by atoms with van der Waals surface area (Å²) < 4.78 is 5.60. The summed E-state index contributed by atoms with van der Waals surface area (Å²) in [5.74, 6) is -0.0197. The summed E-state index contributed by atoms with van der Waals surface area (Å²) in [6, 6.07) is 7.57. The molecule has 1 amide bonds. The Hall–Kier alpha value is -1.75. The van der Waals surface area contributed by atoms with Crippen molar-refractivity contribution in [2.24, 2.45) is 0 Å². The van der Waals surface area contributed by atoms with Gasteiger partial charge in [0, 0.05) is 18.8 Å². The third kappa shape index (κ3) is 2.26. The smallest absolute Gasteiger partial charge is 0.258 e. The van der Waals surface area contributed by atoms with E-state index in [4.69, 9.17) is 10.2 Å². The Labute approximate surface area is 119 Å². The second kappa shape index (κ2) is 4.74. The van der Waals surface area contributed by atoms with Crippen molar-refractivity contribution in [1.29, 1.82) is 0 Å². The maximum atomic E-state index is 12.4. The number of carbonyl (C=O) groups excluding carboxylic acids is 1. The molecule has 0 radical (unpaired) electrons. The summed E-state index contributed by atoms with van der Waals surface area (Å²) >= 11 is 3.24. The molecule has 0 aliphatic carbocycles. The molecule has 5 heteroatoms. The number of halogens is 1. The molecule has 1 aromatic carbocycles. The molecule has 0 fully saturated rings. The number of hydrogen-bond acceptors (Lipinski definition) is 3. The number of nitrogen functional groups attached to an aromatic ring is 1. The SMILES string of the molecule is Nc1ccc2c(c1)CN(C(=O)c1ccoc1Br)CC2. The quantitative estimate of drug-likeness (QED) is 0.822. The van der Waals surface area contributed by atoms with Gasteiger partial charge in [0.25, 0.3) is 5.91 Å². The highest BCUT2D eigenvalue weighted by molar-refractivity contribution is 9.10. The lowest BCUT2D eigenvalue weighted by molar-refractivity contribution is 0.0732. The van der Waals surface area contributed by atoms with E-state index in [9.17, 15) is 4.79 Å². The minimum Gasteiger partial charge on any atom is -0.457 e. The van der Waals surface area contributed by atoms with Gasteiger partial charge in [-0.1, -0.05) is 6.07 Å². The fourth-order valence-corrected chi connectivity index (χ4v) is 2.78. The number of hydrogen-bond donors (Lipinski definition) is 1. The fraction of sp³-hybridized carbons (Fsp3) is 0.214. The van der Waals surface area contributed by atoms with Gasteiger partial charge in [0.05, 0.1) is 11.8 Å². The molecule has 2 heterocycles. The Bertz CT molecular complexity index is 636. The first kappa shape index (κ1) is 12.3. The molecular weight excluding hydrogens is 308 g/mol. The van der Waals surface area contributed by atoms with E-state index in [2.05, 4.69) is 15.9 Å². The zero-order valence-corrected chi connectivity index (χ0v) is 11.8. The van der Waals surface area contributed by atoms with Crippen LogP contribution in [-0.4, -0.2) is 17.4 Å². The summed E-state index contributed by atoms with van der Waals surface area (Å²) in [6.45, 7) is 1.31. The number of carbonyl (C=O) groups is 1. The van der Waals surface area contributed by atoms with Gasteiger partial charge >= 0.3 is 0 Å². The van der Waals surface area contributed by atoms with Gasteiger partial charge in [-0.05, 0) is 51.7 Å². The zero-order chi connectivity index (χ0) is 13.4. The highest BCUT2D eigenvalue weighted by atomic mass is 79.9. The molecule has 4 nitrogen and oxygen atoms in total. The monoisotopic (exact) mass is 320 g/mol. The lowest BCUT2D eigenvalue weighted by Gasteiger charge is -2.28. The first-order chi connectivity index (χ1) is 9.15. The van der Waals surface area contributed by atoms with Crippen molar-refractivity contribution in [2.75, 3.05) is 12.3 Å². The lowest BCUT2D eigenvalue weighted by atomic mass is 9.99. The second-order valence-electron chi connectivity index (χ2n) is 4.61. The van der Waals surface area contributed by atoms with E-state index < -0.39 is 0 Å². The van der Waals surface area contributed by atoms with E-state index in [1.165, 1.54) is 11.8 Å². The summed E-state index contributed by atoms with van der Waals surface area (Å²) in [7, 11) is 0. The number of rotatable bonds is 1. The minimum absolute atomic E-state index is 0.0197. The first-order valence-electron chi connectivity index (χ1n) is 6.04. The van der Waals surface area contributed by atoms with Crippen LogP contribution >= 0.6 is 15.9 Å². The third-order valence-corrected chi connectivity index (χ3v) is 3.99. The van der Waals surface area contributed by atoms with Crippen LogP contribution < -0.4 is 5.73 Å². The van der Waals surface area contributed by atoms with Crippen LogP contribution in [0.1, 0.15) is 21.5 Å². The van der Waals surface area contributed by atoms with Gasteiger partial charge in [-0.2, -0.15) is 0 Å². The van der Waals surface area contributed by atoms with Gasteiger partial charge in [-0.3, -0.25) is 4.79 Å². The third-order valence-electron chi connectivity index (χ3n) is 3.38. The van der Waals surface area contributed by atoms with E-state index in [0.29, 0.717) is 23.3 Å². The van der Waals surface area contributed by atoms with E-state index >= 15 is 0 Å². The van der Waals surface area contributed by atoms with E-state index in [0.717, 1.165) is 17.7 Å². The number of benzene rings is 1. The van der Waals surface area contributed by atoms with E-state index in [1.54, 1.807) is 6.07 Å². The second-order valence-corrected chi connectivity index (χ2v) is 5.33. The Morgan fingerprint density at radius 3 is 2.89 bits per heavy atom. The Balaban J connectivity index is 1.86. The Morgan fingerprint density at radius 1 is 1.32 bits per heavy atom. The van der Waals surface area contributed by atoms with Crippen LogP contribution in [0.4, 0.5) is 5.69 Å². The van der Waals surface area contributed by atoms with Crippen LogP contribution in [0, 0.1) is 0 Å². The molecule has 19 heavy (non-hydrogen) atoms. The van der Waals surface area contributed by atoms with Gasteiger partial charge in [-0.25, -0.2) is 0 Å². The van der Waals surface area contributed by atoms with Gasteiger partial charge in [0.1, 0.15) is 0 Å². The van der Waals surface area contributed by atoms with Gasteiger partial charge in [-0.15, -0.1) is 0 Å². The van der Waals surface area contributed by atoms with Crippen LogP contribution in [0.3, 0.4) is 0 Å². The first-order valence-corrected chi connectivity index (χ1v) is 6.84. The Morgan fingerprint density at radius 2 is 2.16 bits per heavy atom. The molecular formula is C14H13BrN2O2. The molecule has 1 aromatic heterocycles. The summed E-state index contributed by atoms with van der Waals surface area (Å²) in [4.78, 5) is 14.2. The van der Waals surface area contributed by atoms with Crippen LogP contribution in [0.25, 0.3) is 0 Å². The van der Waals surface area contributed by atoms with Crippen LogP contribution in [0.2, 0.25) is 0 Å². The van der Waals surface area contributed by atoms with Crippen molar-refractivity contribution in [2.45, 2.75) is 13.0 Å². The van der Waals surface area contributed by atoms with Gasteiger partial charge in [0.15, 0.2) is 4.67 Å². The largest absolute Gasteiger partial charge is 0.457 e. The molecule has 2 aromatic rings. The fourth-order valence-electron chi connectivity index (χ4n) is 2.37. The maximum absolute atomic E-state index is 12.4. The van der Waals surface area contributed by atoms with Crippen molar-refractivity contribution in [3.63, 3.8) is 0 Å². The maximum Gasteiger partial charge on any atom is 0.258 e. The molecule has 0 unspecified atom stereocenters. The predicted octanol–water partition coefficient (Wildman–Crippen LogP) is 2.82. The summed E-state index contributed by atoms with van der Waals surface area (Å²) in [6.07, 6.45) is 2.37. The highest BCUT2D eigenvalue weighted by Crippen LogP contribution is 2.25. The van der Waals surface area contributed by atoms with Crippen molar-refractivity contribution < 1.29 is 9.21 Å². The standard InChI is InChI=1S/C14H13BrN2O2/c15-13-12(4-6-19-13)14(18)17-5-3-9-1-2-11(16)7-10(9)8-17/h1-2,4,6-7H,3,5,8,16H2. The van der Waals surface area contributed by atoms with Gasteiger partial charge in [0.2, 0.25) is 0 Å². The number of anilines is 1. The number of nitrogens with zero attached hydrogens (tertiary/aromatic N) is 1.